The molecule has 0 spiro atoms. The van der Waals surface area contributed by atoms with E-state index in [4.69, 9.17) is 22.1 Å². The van der Waals surface area contributed by atoms with Crippen LogP contribution in [0.5, 0.6) is 11.5 Å². The number of hydrogen-bond acceptors (Lipinski definition) is 5. The SMILES string of the molecule is O=C(COc1ccccc1)NC(=S)Nc1ccc(O)c(C(=O)O)c1. The second kappa shape index (κ2) is 7.93. The lowest BCUT2D eigenvalue weighted by molar-refractivity contribution is -0.121. The molecular formula is C16H14N2O5S. The van der Waals surface area contributed by atoms with E-state index in [1.807, 2.05) is 6.07 Å². The molecule has 0 radical (unpaired) electrons. The molecule has 7 nitrogen and oxygen atoms in total. The fraction of sp³-hybridized carbons (Fsp3) is 0.0625. The Kier molecular flexibility index (Phi) is 5.69. The molecule has 0 saturated heterocycles. The Morgan fingerprint density at radius 2 is 1.83 bits per heavy atom. The van der Waals surface area contributed by atoms with E-state index in [1.54, 1.807) is 24.3 Å². The average molecular weight is 346 g/mol. The molecule has 0 heterocycles. The van der Waals surface area contributed by atoms with Gasteiger partial charge in [-0.2, -0.15) is 0 Å². The van der Waals surface area contributed by atoms with Crippen molar-refractivity contribution in [2.24, 2.45) is 0 Å². The van der Waals surface area contributed by atoms with Crippen LogP contribution in [-0.4, -0.2) is 33.8 Å². The summed E-state index contributed by atoms with van der Waals surface area (Å²) in [4.78, 5) is 22.7. The monoisotopic (exact) mass is 346 g/mol. The predicted octanol–water partition coefficient (Wildman–Crippen LogP) is 1.98. The van der Waals surface area contributed by atoms with E-state index in [-0.39, 0.29) is 23.0 Å². The zero-order chi connectivity index (χ0) is 17.5. The smallest absolute Gasteiger partial charge is 0.339 e. The zero-order valence-electron chi connectivity index (χ0n) is 12.4. The quantitative estimate of drug-likeness (QED) is 0.484. The summed E-state index contributed by atoms with van der Waals surface area (Å²) in [7, 11) is 0. The van der Waals surface area contributed by atoms with Crippen LogP contribution in [0.25, 0.3) is 0 Å². The van der Waals surface area contributed by atoms with Crippen molar-refractivity contribution in [3.05, 3.63) is 54.1 Å². The number of amides is 1. The number of aromatic hydroxyl groups is 1. The number of thiocarbonyl (C=S) groups is 1. The lowest BCUT2D eigenvalue weighted by atomic mass is 10.2. The van der Waals surface area contributed by atoms with Gasteiger partial charge in [0.15, 0.2) is 11.7 Å². The maximum atomic E-state index is 11.7. The minimum absolute atomic E-state index is 0.0151. The molecule has 2 aromatic rings. The average Bonchev–Trinajstić information content (AvgIpc) is 2.55. The summed E-state index contributed by atoms with van der Waals surface area (Å²) >= 11 is 4.98. The predicted molar refractivity (Wildman–Crippen MR) is 91.4 cm³/mol. The number of ether oxygens (including phenoxy) is 1. The first-order chi connectivity index (χ1) is 11.5. The number of nitrogens with one attached hydrogen (secondary N) is 2. The Balaban J connectivity index is 1.87. The van der Waals surface area contributed by atoms with Crippen molar-refractivity contribution in [2.45, 2.75) is 0 Å². The fourth-order valence-corrected chi connectivity index (χ4v) is 2.01. The zero-order valence-corrected chi connectivity index (χ0v) is 13.2. The van der Waals surface area contributed by atoms with Crippen molar-refractivity contribution >= 4 is 34.9 Å². The molecule has 2 aromatic carbocycles. The number of benzene rings is 2. The van der Waals surface area contributed by atoms with Crippen LogP contribution in [-0.2, 0) is 4.79 Å². The van der Waals surface area contributed by atoms with Gasteiger partial charge in [0.25, 0.3) is 5.91 Å². The molecule has 0 aromatic heterocycles. The van der Waals surface area contributed by atoms with Crippen LogP contribution < -0.4 is 15.4 Å². The first kappa shape index (κ1) is 17.2. The standard InChI is InChI=1S/C16H14N2O5S/c19-13-7-6-10(8-12(13)15(21)22)17-16(24)18-14(20)9-23-11-4-2-1-3-5-11/h1-8,19H,9H2,(H,21,22)(H2,17,18,20,24). The molecule has 0 saturated carbocycles. The molecule has 0 aliphatic heterocycles. The van der Waals surface area contributed by atoms with Crippen LogP contribution in [0.2, 0.25) is 0 Å². The summed E-state index contributed by atoms with van der Waals surface area (Å²) in [5.41, 5.74) is 0.0426. The number of carbonyl (C=O) groups excluding carboxylic acids is 1. The molecular weight excluding hydrogens is 332 g/mol. The Morgan fingerprint density at radius 1 is 1.12 bits per heavy atom. The fourth-order valence-electron chi connectivity index (χ4n) is 1.78. The highest BCUT2D eigenvalue weighted by molar-refractivity contribution is 7.80. The number of carbonyl (C=O) groups is 2. The van der Waals surface area contributed by atoms with Crippen molar-refractivity contribution < 1.29 is 24.5 Å². The number of phenols is 1. The van der Waals surface area contributed by atoms with Gasteiger partial charge >= 0.3 is 5.97 Å². The molecule has 1 amide bonds. The summed E-state index contributed by atoms with van der Waals surface area (Å²) in [6.07, 6.45) is 0. The molecule has 0 aliphatic rings. The Labute approximate surface area is 142 Å². The Hall–Kier alpha value is -3.13. The molecule has 2 rings (SSSR count). The Bertz CT molecular complexity index is 764. The molecule has 0 fully saturated rings. The number of aromatic carboxylic acids is 1. The van der Waals surface area contributed by atoms with Crippen molar-refractivity contribution in [2.75, 3.05) is 11.9 Å². The second-order valence-corrected chi connectivity index (χ2v) is 5.05. The van der Waals surface area contributed by atoms with Crippen LogP contribution in [0.15, 0.2) is 48.5 Å². The van der Waals surface area contributed by atoms with Crippen LogP contribution >= 0.6 is 12.2 Å². The third kappa shape index (κ3) is 4.96. The number of anilines is 1. The third-order valence-electron chi connectivity index (χ3n) is 2.85. The highest BCUT2D eigenvalue weighted by atomic mass is 32.1. The molecule has 24 heavy (non-hydrogen) atoms. The number of carboxylic acids is 1. The van der Waals surface area contributed by atoms with Gasteiger partial charge in [-0.15, -0.1) is 0 Å². The third-order valence-corrected chi connectivity index (χ3v) is 3.06. The highest BCUT2D eigenvalue weighted by Crippen LogP contribution is 2.21. The molecule has 124 valence electrons. The molecule has 0 bridgehead atoms. The maximum absolute atomic E-state index is 11.7. The van der Waals surface area contributed by atoms with Gasteiger partial charge < -0.3 is 20.3 Å². The summed E-state index contributed by atoms with van der Waals surface area (Å²) < 4.78 is 5.27. The first-order valence-electron chi connectivity index (χ1n) is 6.80. The van der Waals surface area contributed by atoms with E-state index in [2.05, 4.69) is 10.6 Å². The number of para-hydroxylation sites is 1. The van der Waals surface area contributed by atoms with Gasteiger partial charge in [0, 0.05) is 5.69 Å². The van der Waals surface area contributed by atoms with Crippen LogP contribution in [0, 0.1) is 0 Å². The minimum Gasteiger partial charge on any atom is -0.507 e. The molecule has 8 heteroatoms. The van der Waals surface area contributed by atoms with Gasteiger partial charge in [-0.3, -0.25) is 10.1 Å². The van der Waals surface area contributed by atoms with Gasteiger partial charge in [0.1, 0.15) is 17.1 Å². The van der Waals surface area contributed by atoms with Gasteiger partial charge in [-0.1, -0.05) is 18.2 Å². The van der Waals surface area contributed by atoms with Crippen LogP contribution in [0.1, 0.15) is 10.4 Å². The Morgan fingerprint density at radius 3 is 2.50 bits per heavy atom. The first-order valence-corrected chi connectivity index (χ1v) is 7.21. The summed E-state index contributed by atoms with van der Waals surface area (Å²) in [6, 6.07) is 12.7. The topological polar surface area (TPSA) is 108 Å². The number of hydrogen-bond donors (Lipinski definition) is 4. The minimum atomic E-state index is -1.28. The van der Waals surface area contributed by atoms with E-state index in [0.29, 0.717) is 11.4 Å². The highest BCUT2D eigenvalue weighted by Gasteiger charge is 2.11. The lowest BCUT2D eigenvalue weighted by Gasteiger charge is -2.11. The maximum Gasteiger partial charge on any atom is 0.339 e. The van der Waals surface area contributed by atoms with Gasteiger partial charge in [0.05, 0.1) is 0 Å². The van der Waals surface area contributed by atoms with Crippen molar-refractivity contribution in [1.82, 2.24) is 5.32 Å². The van der Waals surface area contributed by atoms with Crippen LogP contribution in [0.3, 0.4) is 0 Å². The lowest BCUT2D eigenvalue weighted by Crippen LogP contribution is -2.37. The van der Waals surface area contributed by atoms with Crippen molar-refractivity contribution in [3.8, 4) is 11.5 Å². The van der Waals surface area contributed by atoms with E-state index in [0.717, 1.165) is 0 Å². The van der Waals surface area contributed by atoms with E-state index < -0.39 is 11.9 Å². The van der Waals surface area contributed by atoms with Crippen LogP contribution in [0.4, 0.5) is 5.69 Å². The van der Waals surface area contributed by atoms with Gasteiger partial charge in [0.2, 0.25) is 0 Å². The molecule has 0 unspecified atom stereocenters. The number of carboxylic acid groups (broad SMARTS) is 1. The summed E-state index contributed by atoms with van der Waals surface area (Å²) in [5, 5.41) is 23.4. The van der Waals surface area contributed by atoms with E-state index in [9.17, 15) is 14.7 Å². The van der Waals surface area contributed by atoms with Gasteiger partial charge in [-0.05, 0) is 42.5 Å². The van der Waals surface area contributed by atoms with Gasteiger partial charge in [-0.25, -0.2) is 4.79 Å². The second-order valence-electron chi connectivity index (χ2n) is 4.64. The van der Waals surface area contributed by atoms with E-state index in [1.165, 1.54) is 18.2 Å². The van der Waals surface area contributed by atoms with E-state index >= 15 is 0 Å². The van der Waals surface area contributed by atoms with Crippen molar-refractivity contribution in [1.29, 1.82) is 0 Å². The number of rotatable bonds is 5. The largest absolute Gasteiger partial charge is 0.507 e. The molecule has 0 atom stereocenters. The summed E-state index contributed by atoms with van der Waals surface area (Å²) in [5.74, 6) is -1.55. The van der Waals surface area contributed by atoms with Crippen molar-refractivity contribution in [3.63, 3.8) is 0 Å². The molecule has 0 aliphatic carbocycles. The molecule has 4 N–H and O–H groups in total. The summed E-state index contributed by atoms with van der Waals surface area (Å²) in [6.45, 7) is -0.220. The normalized spacial score (nSPS) is 9.83.